The fraction of sp³-hybridized carbons (Fsp3) is 0.0476. The monoisotopic (exact) mass is 406 g/mol. The van der Waals surface area contributed by atoms with Crippen LogP contribution in [0, 0.1) is 0 Å². The predicted molar refractivity (Wildman–Crippen MR) is 110 cm³/mol. The first kappa shape index (κ1) is 18.9. The van der Waals surface area contributed by atoms with Crippen molar-refractivity contribution in [1.82, 2.24) is 14.4 Å². The van der Waals surface area contributed by atoms with E-state index in [9.17, 15) is 13.2 Å². The SMILES string of the molecule is O=C(Nn1cnc2ccccc21)c1cccc(S(=O)(=O)NCc2ccccc2)c1. The minimum atomic E-state index is -3.76. The molecule has 0 fully saturated rings. The second-order valence-corrected chi connectivity index (χ2v) is 8.15. The van der Waals surface area contributed by atoms with Crippen LogP contribution in [-0.2, 0) is 16.6 Å². The maximum atomic E-state index is 12.6. The van der Waals surface area contributed by atoms with Crippen LogP contribution in [0.4, 0.5) is 0 Å². The summed E-state index contributed by atoms with van der Waals surface area (Å²) in [6, 6.07) is 22.5. The van der Waals surface area contributed by atoms with Crippen molar-refractivity contribution in [1.29, 1.82) is 0 Å². The molecule has 4 rings (SSSR count). The van der Waals surface area contributed by atoms with Crippen LogP contribution in [-0.4, -0.2) is 24.0 Å². The topological polar surface area (TPSA) is 93.1 Å². The van der Waals surface area contributed by atoms with Gasteiger partial charge >= 0.3 is 0 Å². The number of carbonyl (C=O) groups excluding carboxylic acids is 1. The first-order chi connectivity index (χ1) is 14.0. The van der Waals surface area contributed by atoms with Gasteiger partial charge in [0.2, 0.25) is 10.0 Å². The highest BCUT2D eigenvalue weighted by atomic mass is 32.2. The van der Waals surface area contributed by atoms with Gasteiger partial charge in [0, 0.05) is 12.1 Å². The van der Waals surface area contributed by atoms with E-state index in [2.05, 4.69) is 15.1 Å². The van der Waals surface area contributed by atoms with E-state index in [0.717, 1.165) is 16.6 Å². The number of carbonyl (C=O) groups is 1. The lowest BCUT2D eigenvalue weighted by molar-refractivity contribution is 0.101. The predicted octanol–water partition coefficient (Wildman–Crippen LogP) is 2.90. The second-order valence-electron chi connectivity index (χ2n) is 6.38. The van der Waals surface area contributed by atoms with Crippen molar-refractivity contribution in [2.75, 3.05) is 5.43 Å². The van der Waals surface area contributed by atoms with Gasteiger partial charge in [-0.2, -0.15) is 0 Å². The molecule has 0 aliphatic carbocycles. The highest BCUT2D eigenvalue weighted by Crippen LogP contribution is 2.14. The van der Waals surface area contributed by atoms with Crippen LogP contribution in [0.1, 0.15) is 15.9 Å². The second kappa shape index (κ2) is 7.86. The van der Waals surface area contributed by atoms with E-state index in [1.165, 1.54) is 29.2 Å². The third-order valence-electron chi connectivity index (χ3n) is 4.39. The van der Waals surface area contributed by atoms with Gasteiger partial charge in [-0.1, -0.05) is 48.5 Å². The molecular weight excluding hydrogens is 388 g/mol. The molecule has 3 aromatic carbocycles. The average molecular weight is 406 g/mol. The van der Waals surface area contributed by atoms with Gasteiger partial charge in [0.25, 0.3) is 5.91 Å². The summed E-state index contributed by atoms with van der Waals surface area (Å²) < 4.78 is 29.3. The van der Waals surface area contributed by atoms with E-state index < -0.39 is 15.9 Å². The number of benzene rings is 3. The van der Waals surface area contributed by atoms with Gasteiger partial charge in [-0.05, 0) is 35.9 Å². The number of sulfonamides is 1. The number of rotatable bonds is 6. The zero-order valence-corrected chi connectivity index (χ0v) is 16.1. The quantitative estimate of drug-likeness (QED) is 0.515. The molecule has 7 nitrogen and oxygen atoms in total. The summed E-state index contributed by atoms with van der Waals surface area (Å²) in [4.78, 5) is 16.9. The summed E-state index contributed by atoms with van der Waals surface area (Å²) >= 11 is 0. The van der Waals surface area contributed by atoms with Crippen LogP contribution < -0.4 is 10.1 Å². The zero-order chi connectivity index (χ0) is 20.3. The third kappa shape index (κ3) is 4.18. The normalized spacial score (nSPS) is 11.4. The molecule has 0 unspecified atom stereocenters. The standard InChI is InChI=1S/C21H18N4O3S/c26-21(24-25-15-22-19-11-4-5-12-20(19)25)17-9-6-10-18(13-17)29(27,28)23-14-16-7-2-1-3-8-16/h1-13,15,23H,14H2,(H,24,26). The van der Waals surface area contributed by atoms with E-state index in [1.807, 2.05) is 54.6 Å². The first-order valence-electron chi connectivity index (χ1n) is 8.90. The number of aromatic nitrogens is 2. The van der Waals surface area contributed by atoms with E-state index >= 15 is 0 Å². The molecular formula is C21H18N4O3S. The Morgan fingerprint density at radius 2 is 1.69 bits per heavy atom. The molecule has 0 aliphatic heterocycles. The number of nitrogens with one attached hydrogen (secondary N) is 2. The number of hydrogen-bond donors (Lipinski definition) is 2. The average Bonchev–Trinajstić information content (AvgIpc) is 3.16. The Balaban J connectivity index is 1.52. The molecule has 4 aromatic rings. The van der Waals surface area contributed by atoms with E-state index in [4.69, 9.17) is 0 Å². The Bertz CT molecular complexity index is 1270. The summed E-state index contributed by atoms with van der Waals surface area (Å²) in [7, 11) is -3.76. The van der Waals surface area contributed by atoms with E-state index in [1.54, 1.807) is 6.07 Å². The fourth-order valence-electron chi connectivity index (χ4n) is 2.88. The lowest BCUT2D eigenvalue weighted by Gasteiger charge is -2.10. The smallest absolute Gasteiger partial charge is 0.267 e. The third-order valence-corrected chi connectivity index (χ3v) is 5.79. The molecule has 0 spiro atoms. The summed E-state index contributed by atoms with van der Waals surface area (Å²) in [5.74, 6) is -0.437. The van der Waals surface area contributed by atoms with Gasteiger partial charge in [-0.15, -0.1) is 0 Å². The van der Waals surface area contributed by atoms with Crippen molar-refractivity contribution in [3.05, 3.63) is 96.3 Å². The van der Waals surface area contributed by atoms with Gasteiger partial charge in [0.1, 0.15) is 6.33 Å². The number of nitrogens with zero attached hydrogens (tertiary/aromatic N) is 2. The van der Waals surface area contributed by atoms with Gasteiger partial charge in [-0.3, -0.25) is 10.2 Å². The van der Waals surface area contributed by atoms with Crippen LogP contribution >= 0.6 is 0 Å². The van der Waals surface area contributed by atoms with Crippen molar-refractivity contribution in [2.45, 2.75) is 11.4 Å². The molecule has 1 heterocycles. The zero-order valence-electron chi connectivity index (χ0n) is 15.3. The molecule has 0 aliphatic rings. The molecule has 29 heavy (non-hydrogen) atoms. The van der Waals surface area contributed by atoms with E-state index in [-0.39, 0.29) is 17.0 Å². The van der Waals surface area contributed by atoms with Crippen molar-refractivity contribution in [2.24, 2.45) is 0 Å². The molecule has 0 saturated heterocycles. The van der Waals surface area contributed by atoms with Crippen LogP contribution in [0.2, 0.25) is 0 Å². The number of fused-ring (bicyclic) bond motifs is 1. The molecule has 146 valence electrons. The van der Waals surface area contributed by atoms with Gasteiger partial charge < -0.3 is 0 Å². The van der Waals surface area contributed by atoms with Crippen LogP contribution in [0.3, 0.4) is 0 Å². The minimum Gasteiger partial charge on any atom is -0.267 e. The van der Waals surface area contributed by atoms with Gasteiger partial charge in [-0.25, -0.2) is 22.8 Å². The van der Waals surface area contributed by atoms with Gasteiger partial charge in [0.05, 0.1) is 15.9 Å². The summed E-state index contributed by atoms with van der Waals surface area (Å²) in [6.07, 6.45) is 1.50. The molecule has 1 aromatic heterocycles. The Kier molecular flexibility index (Phi) is 5.11. The Morgan fingerprint density at radius 1 is 0.931 bits per heavy atom. The molecule has 0 bridgehead atoms. The molecule has 0 saturated carbocycles. The Labute approximate surface area is 168 Å². The first-order valence-corrected chi connectivity index (χ1v) is 10.4. The summed E-state index contributed by atoms with van der Waals surface area (Å²) in [5, 5.41) is 0. The van der Waals surface area contributed by atoms with E-state index in [0.29, 0.717) is 0 Å². The molecule has 0 radical (unpaired) electrons. The number of imidazole rings is 1. The minimum absolute atomic E-state index is 0.0246. The Morgan fingerprint density at radius 3 is 2.52 bits per heavy atom. The van der Waals surface area contributed by atoms with Crippen molar-refractivity contribution in [3.8, 4) is 0 Å². The van der Waals surface area contributed by atoms with Crippen molar-refractivity contribution >= 4 is 27.0 Å². The number of hydrogen-bond acceptors (Lipinski definition) is 4. The van der Waals surface area contributed by atoms with Crippen molar-refractivity contribution in [3.63, 3.8) is 0 Å². The highest BCUT2D eigenvalue weighted by molar-refractivity contribution is 7.89. The largest absolute Gasteiger partial charge is 0.270 e. The van der Waals surface area contributed by atoms with Crippen LogP contribution in [0.15, 0.2) is 90.1 Å². The number of amides is 1. The summed E-state index contributed by atoms with van der Waals surface area (Å²) in [5.41, 5.74) is 5.28. The molecule has 1 amide bonds. The summed E-state index contributed by atoms with van der Waals surface area (Å²) in [6.45, 7) is 0.167. The maximum Gasteiger partial charge on any atom is 0.270 e. The number of para-hydroxylation sites is 2. The molecule has 0 atom stereocenters. The lowest BCUT2D eigenvalue weighted by Crippen LogP contribution is -2.25. The van der Waals surface area contributed by atoms with Crippen LogP contribution in [0.25, 0.3) is 11.0 Å². The van der Waals surface area contributed by atoms with Gasteiger partial charge in [0.15, 0.2) is 0 Å². The highest BCUT2D eigenvalue weighted by Gasteiger charge is 2.16. The van der Waals surface area contributed by atoms with Crippen molar-refractivity contribution < 1.29 is 13.2 Å². The fourth-order valence-corrected chi connectivity index (χ4v) is 3.95. The van der Waals surface area contributed by atoms with Crippen LogP contribution in [0.5, 0.6) is 0 Å². The maximum absolute atomic E-state index is 12.6. The Hall–Kier alpha value is -3.49. The molecule has 2 N–H and O–H groups in total. The lowest BCUT2D eigenvalue weighted by atomic mass is 10.2. The molecule has 8 heteroatoms.